The van der Waals surface area contributed by atoms with Crippen molar-refractivity contribution < 1.29 is 33.8 Å². The number of hydrogen-bond donors (Lipinski definition) is 3. The van der Waals surface area contributed by atoms with E-state index in [1.807, 2.05) is 13.8 Å². The van der Waals surface area contributed by atoms with Gasteiger partial charge in [-0.05, 0) is 77.1 Å². The molecular formula is C28H45N3O7. The Morgan fingerprint density at radius 3 is 2.21 bits per heavy atom. The first-order chi connectivity index (χ1) is 17.6. The molecule has 0 fully saturated rings. The molecule has 0 aliphatic carbocycles. The number of carbonyl (C=O) groups excluding carboxylic acids is 4. The molecule has 0 aromatic heterocycles. The third-order valence-corrected chi connectivity index (χ3v) is 5.92. The second-order valence-electron chi connectivity index (χ2n) is 10.7. The van der Waals surface area contributed by atoms with E-state index in [9.17, 15) is 24.3 Å². The molecule has 10 heteroatoms. The fourth-order valence-electron chi connectivity index (χ4n) is 3.81. The summed E-state index contributed by atoms with van der Waals surface area (Å²) in [5, 5.41) is 15.5. The van der Waals surface area contributed by atoms with Crippen LogP contribution in [0.4, 0.5) is 4.79 Å². The molecule has 0 saturated carbocycles. The molecule has 0 aliphatic rings. The van der Waals surface area contributed by atoms with Gasteiger partial charge in [-0.3, -0.25) is 14.4 Å². The topological polar surface area (TPSA) is 134 Å². The van der Waals surface area contributed by atoms with Gasteiger partial charge in [0, 0.05) is 12.6 Å². The number of amides is 3. The summed E-state index contributed by atoms with van der Waals surface area (Å²) in [5.74, 6) is -1.63. The van der Waals surface area contributed by atoms with E-state index in [1.54, 1.807) is 60.6 Å². The van der Waals surface area contributed by atoms with Crippen molar-refractivity contribution in [1.82, 2.24) is 15.5 Å². The normalized spacial score (nSPS) is 13.7. The maximum absolute atomic E-state index is 14.1. The number of aryl methyl sites for hydroxylation is 1. The molecular weight excluding hydrogens is 490 g/mol. The van der Waals surface area contributed by atoms with Crippen molar-refractivity contribution >= 4 is 23.9 Å². The number of hydrogen-bond acceptors (Lipinski definition) is 7. The quantitative estimate of drug-likeness (QED) is 0.345. The standard InChI is InChI=1S/C28H45N3O7/c1-10-19(6)31(26(35)23(17(3)4)30-27(36)38-28(7,8)9)24(20-12-13-21(32)18(5)16-20)25(34)29-15-14-22(33)37-11-2/h12-13,16-17,19,23-24,32H,10-11,14-15H2,1-9H3,(H,29,34)(H,30,36). The maximum Gasteiger partial charge on any atom is 0.408 e. The Bertz CT molecular complexity index is 972. The Kier molecular flexibility index (Phi) is 12.6. The monoisotopic (exact) mass is 535 g/mol. The lowest BCUT2D eigenvalue weighted by Crippen LogP contribution is -2.57. The van der Waals surface area contributed by atoms with E-state index in [0.29, 0.717) is 17.5 Å². The van der Waals surface area contributed by atoms with Gasteiger partial charge in [0.1, 0.15) is 23.4 Å². The van der Waals surface area contributed by atoms with Crippen molar-refractivity contribution in [3.8, 4) is 5.75 Å². The van der Waals surface area contributed by atoms with Crippen molar-refractivity contribution in [2.75, 3.05) is 13.2 Å². The summed E-state index contributed by atoms with van der Waals surface area (Å²) in [5.41, 5.74) is 0.272. The van der Waals surface area contributed by atoms with Crippen LogP contribution in [-0.4, -0.2) is 64.7 Å². The lowest BCUT2D eigenvalue weighted by atomic mass is 9.95. The Labute approximate surface area is 226 Å². The highest BCUT2D eigenvalue weighted by molar-refractivity contribution is 5.92. The lowest BCUT2D eigenvalue weighted by Gasteiger charge is -2.39. The van der Waals surface area contributed by atoms with Gasteiger partial charge in [0.15, 0.2) is 0 Å². The zero-order valence-electron chi connectivity index (χ0n) is 24.2. The van der Waals surface area contributed by atoms with Gasteiger partial charge in [0.2, 0.25) is 11.8 Å². The number of benzene rings is 1. The number of aromatic hydroxyl groups is 1. The van der Waals surface area contributed by atoms with Crippen molar-refractivity contribution in [1.29, 1.82) is 0 Å². The van der Waals surface area contributed by atoms with Crippen LogP contribution in [0, 0.1) is 12.8 Å². The molecule has 1 aromatic rings. The molecule has 3 atom stereocenters. The number of alkyl carbamates (subject to hydrolysis) is 1. The fraction of sp³-hybridized carbons (Fsp3) is 0.643. The Hall–Kier alpha value is -3.30. The number of carbonyl (C=O) groups is 4. The zero-order valence-corrected chi connectivity index (χ0v) is 24.2. The van der Waals surface area contributed by atoms with Gasteiger partial charge in [0.25, 0.3) is 0 Å². The number of esters is 1. The molecule has 0 saturated heterocycles. The van der Waals surface area contributed by atoms with Gasteiger partial charge >= 0.3 is 12.1 Å². The molecule has 0 radical (unpaired) electrons. The van der Waals surface area contributed by atoms with Gasteiger partial charge in [-0.2, -0.15) is 0 Å². The molecule has 0 aliphatic heterocycles. The smallest absolute Gasteiger partial charge is 0.408 e. The molecule has 214 valence electrons. The third kappa shape index (κ3) is 9.87. The highest BCUT2D eigenvalue weighted by atomic mass is 16.6. The number of nitrogens with one attached hydrogen (secondary N) is 2. The van der Waals surface area contributed by atoms with E-state index in [4.69, 9.17) is 9.47 Å². The van der Waals surface area contributed by atoms with Gasteiger partial charge < -0.3 is 30.1 Å². The summed E-state index contributed by atoms with van der Waals surface area (Å²) in [6, 6.07) is 2.28. The van der Waals surface area contributed by atoms with E-state index in [-0.39, 0.29) is 37.3 Å². The molecule has 3 N–H and O–H groups in total. The summed E-state index contributed by atoms with van der Waals surface area (Å²) >= 11 is 0. The van der Waals surface area contributed by atoms with E-state index < -0.39 is 41.6 Å². The van der Waals surface area contributed by atoms with E-state index in [0.717, 1.165) is 0 Å². The van der Waals surface area contributed by atoms with Crippen LogP contribution in [0.5, 0.6) is 5.75 Å². The average molecular weight is 536 g/mol. The summed E-state index contributed by atoms with van der Waals surface area (Å²) in [6.07, 6.45) is -0.218. The highest BCUT2D eigenvalue weighted by Gasteiger charge is 2.39. The second-order valence-corrected chi connectivity index (χ2v) is 10.7. The molecule has 10 nitrogen and oxygen atoms in total. The van der Waals surface area contributed by atoms with Crippen molar-refractivity contribution in [3.63, 3.8) is 0 Å². The molecule has 0 heterocycles. The predicted octanol–water partition coefficient (Wildman–Crippen LogP) is 3.99. The Morgan fingerprint density at radius 1 is 1.08 bits per heavy atom. The Balaban J connectivity index is 3.48. The summed E-state index contributed by atoms with van der Waals surface area (Å²) in [4.78, 5) is 53.5. The van der Waals surface area contributed by atoms with Crippen LogP contribution in [0.3, 0.4) is 0 Å². The number of nitrogens with zero attached hydrogens (tertiary/aromatic N) is 1. The van der Waals surface area contributed by atoms with E-state index in [2.05, 4.69) is 10.6 Å². The van der Waals surface area contributed by atoms with Crippen LogP contribution in [0.25, 0.3) is 0 Å². The highest BCUT2D eigenvalue weighted by Crippen LogP contribution is 2.30. The van der Waals surface area contributed by atoms with Crippen LogP contribution < -0.4 is 10.6 Å². The first-order valence-corrected chi connectivity index (χ1v) is 13.2. The summed E-state index contributed by atoms with van der Waals surface area (Å²) in [6.45, 7) is 16.2. The van der Waals surface area contributed by atoms with Crippen LogP contribution in [0.15, 0.2) is 18.2 Å². The second kappa shape index (κ2) is 14.6. The third-order valence-electron chi connectivity index (χ3n) is 5.92. The number of phenols is 1. The molecule has 3 amide bonds. The number of ether oxygens (including phenoxy) is 2. The van der Waals surface area contributed by atoms with Crippen molar-refractivity contribution in [2.45, 2.75) is 98.9 Å². The molecule has 0 spiro atoms. The van der Waals surface area contributed by atoms with Gasteiger partial charge in [-0.1, -0.05) is 26.8 Å². The number of rotatable bonds is 12. The van der Waals surface area contributed by atoms with E-state index in [1.165, 1.54) is 11.0 Å². The molecule has 1 aromatic carbocycles. The zero-order chi connectivity index (χ0) is 29.2. The van der Waals surface area contributed by atoms with E-state index >= 15 is 0 Å². The SMILES string of the molecule is CCOC(=O)CCNC(=O)C(c1ccc(O)c(C)c1)N(C(=O)C(NC(=O)OC(C)(C)C)C(C)C)C(C)CC. The van der Waals surface area contributed by atoms with Crippen LogP contribution in [0.2, 0.25) is 0 Å². The summed E-state index contributed by atoms with van der Waals surface area (Å²) < 4.78 is 10.3. The Morgan fingerprint density at radius 2 is 1.71 bits per heavy atom. The lowest BCUT2D eigenvalue weighted by molar-refractivity contribution is -0.146. The molecule has 0 bridgehead atoms. The summed E-state index contributed by atoms with van der Waals surface area (Å²) in [7, 11) is 0. The van der Waals surface area contributed by atoms with Gasteiger partial charge in [-0.15, -0.1) is 0 Å². The minimum atomic E-state index is -1.08. The first-order valence-electron chi connectivity index (χ1n) is 13.2. The minimum absolute atomic E-state index is 0.0208. The first kappa shape index (κ1) is 32.7. The maximum atomic E-state index is 14.1. The van der Waals surface area contributed by atoms with Crippen molar-refractivity contribution in [2.24, 2.45) is 5.92 Å². The van der Waals surface area contributed by atoms with Crippen molar-refractivity contribution in [3.05, 3.63) is 29.3 Å². The van der Waals surface area contributed by atoms with Crippen LogP contribution in [-0.2, 0) is 23.9 Å². The van der Waals surface area contributed by atoms with Gasteiger partial charge in [-0.25, -0.2) is 4.79 Å². The minimum Gasteiger partial charge on any atom is -0.508 e. The van der Waals surface area contributed by atoms with Crippen LogP contribution >= 0.6 is 0 Å². The molecule has 3 unspecified atom stereocenters. The largest absolute Gasteiger partial charge is 0.508 e. The molecule has 1 rings (SSSR count). The molecule has 38 heavy (non-hydrogen) atoms. The van der Waals surface area contributed by atoms with Crippen LogP contribution in [0.1, 0.15) is 85.4 Å². The average Bonchev–Trinajstić information content (AvgIpc) is 2.80. The fourth-order valence-corrected chi connectivity index (χ4v) is 3.81. The predicted molar refractivity (Wildman–Crippen MR) is 144 cm³/mol. The van der Waals surface area contributed by atoms with Gasteiger partial charge in [0.05, 0.1) is 13.0 Å². The number of phenolic OH excluding ortho intramolecular Hbond substituents is 1.